The first-order valence-corrected chi connectivity index (χ1v) is 6.59. The first kappa shape index (κ1) is 14.0. The molecule has 8 heteroatoms. The number of hydrogen-bond acceptors (Lipinski definition) is 5. The summed E-state index contributed by atoms with van der Waals surface area (Å²) in [6, 6.07) is 8.70. The lowest BCUT2D eigenvalue weighted by Crippen LogP contribution is -2.33. The molecule has 2 heterocycles. The van der Waals surface area contributed by atoms with E-state index in [-0.39, 0.29) is 22.9 Å². The van der Waals surface area contributed by atoms with Gasteiger partial charge in [0, 0.05) is 5.02 Å². The monoisotopic (exact) mass is 316 g/mol. The smallest absolute Gasteiger partial charge is 0.328 e. The van der Waals surface area contributed by atoms with E-state index in [0.717, 1.165) is 0 Å². The Morgan fingerprint density at radius 2 is 2.00 bits per heavy atom. The number of nitrogens with one attached hydrogen (secondary N) is 2. The van der Waals surface area contributed by atoms with Crippen LogP contribution in [0.3, 0.4) is 0 Å². The Morgan fingerprint density at radius 1 is 1.27 bits per heavy atom. The number of benzene rings is 1. The molecule has 7 nitrogen and oxygen atoms in total. The van der Waals surface area contributed by atoms with Crippen molar-refractivity contribution in [2.45, 2.75) is 5.92 Å². The van der Waals surface area contributed by atoms with Crippen molar-refractivity contribution in [3.8, 4) is 11.9 Å². The highest BCUT2D eigenvalue weighted by molar-refractivity contribution is 6.31. The lowest BCUT2D eigenvalue weighted by Gasteiger charge is -2.25. The Kier molecular flexibility index (Phi) is 3.23. The summed E-state index contributed by atoms with van der Waals surface area (Å²) in [6.07, 6.45) is 0. The number of aromatic amines is 2. The summed E-state index contributed by atoms with van der Waals surface area (Å²) in [5.74, 6) is -1.08. The van der Waals surface area contributed by atoms with Gasteiger partial charge in [-0.3, -0.25) is 14.8 Å². The minimum Gasteiger partial charge on any atom is -0.424 e. The van der Waals surface area contributed by atoms with Gasteiger partial charge in [0.05, 0.1) is 11.5 Å². The van der Waals surface area contributed by atoms with Gasteiger partial charge >= 0.3 is 5.69 Å². The molecule has 0 fully saturated rings. The minimum atomic E-state index is -0.817. The second-order valence-electron chi connectivity index (χ2n) is 4.60. The van der Waals surface area contributed by atoms with E-state index in [2.05, 4.69) is 9.97 Å². The maximum absolute atomic E-state index is 12.2. The number of nitrogens with zero attached hydrogens (tertiary/aromatic N) is 1. The van der Waals surface area contributed by atoms with Crippen molar-refractivity contribution in [3.63, 3.8) is 0 Å². The van der Waals surface area contributed by atoms with Crippen molar-refractivity contribution in [2.75, 3.05) is 0 Å². The molecule has 0 saturated heterocycles. The molecular formula is C14H9ClN4O3. The molecule has 0 bridgehead atoms. The topological polar surface area (TPSA) is 125 Å². The summed E-state index contributed by atoms with van der Waals surface area (Å²) >= 11 is 6.18. The highest BCUT2D eigenvalue weighted by Gasteiger charge is 2.34. The van der Waals surface area contributed by atoms with Crippen LogP contribution in [0.1, 0.15) is 17.0 Å². The maximum atomic E-state index is 12.2. The number of fused-ring (bicyclic) bond motifs is 1. The number of halogens is 1. The number of aromatic nitrogens is 2. The average Bonchev–Trinajstić information content (AvgIpc) is 2.46. The predicted molar refractivity (Wildman–Crippen MR) is 78.4 cm³/mol. The van der Waals surface area contributed by atoms with E-state index < -0.39 is 17.2 Å². The second kappa shape index (κ2) is 5.09. The van der Waals surface area contributed by atoms with Gasteiger partial charge in [-0.2, -0.15) is 5.26 Å². The lowest BCUT2D eigenvalue weighted by molar-refractivity contribution is 0.373. The van der Waals surface area contributed by atoms with E-state index in [1.54, 1.807) is 24.3 Å². The molecule has 2 aromatic rings. The van der Waals surface area contributed by atoms with Gasteiger partial charge in [0.25, 0.3) is 5.56 Å². The third kappa shape index (κ3) is 2.06. The van der Waals surface area contributed by atoms with Gasteiger partial charge in [-0.15, -0.1) is 0 Å². The van der Waals surface area contributed by atoms with Crippen LogP contribution in [0.25, 0.3) is 0 Å². The summed E-state index contributed by atoms with van der Waals surface area (Å²) < 4.78 is 5.20. The van der Waals surface area contributed by atoms with Gasteiger partial charge in [0.1, 0.15) is 11.6 Å². The van der Waals surface area contributed by atoms with E-state index in [1.807, 2.05) is 6.07 Å². The summed E-state index contributed by atoms with van der Waals surface area (Å²) in [5, 5.41) is 9.73. The van der Waals surface area contributed by atoms with Gasteiger partial charge < -0.3 is 10.5 Å². The van der Waals surface area contributed by atoms with Gasteiger partial charge in [0.2, 0.25) is 11.8 Å². The number of allylic oxidation sites excluding steroid dienone is 1. The van der Waals surface area contributed by atoms with Crippen molar-refractivity contribution in [2.24, 2.45) is 5.73 Å². The van der Waals surface area contributed by atoms with Crippen LogP contribution >= 0.6 is 11.6 Å². The summed E-state index contributed by atoms with van der Waals surface area (Å²) in [4.78, 5) is 28.0. The standard InChI is InChI=1S/C14H9ClN4O3/c15-8-4-2-1-3-6(8)9-7(5-16)11(17)22-13-10(9)12(20)18-14(21)19-13/h1-4,9H,17H2,(H2,18,19,20,21)/t9-/m1/s1. The minimum absolute atomic E-state index is 0.0538. The summed E-state index contributed by atoms with van der Waals surface area (Å²) in [7, 11) is 0. The lowest BCUT2D eigenvalue weighted by atomic mass is 9.85. The molecule has 1 aromatic carbocycles. The fourth-order valence-electron chi connectivity index (χ4n) is 2.41. The maximum Gasteiger partial charge on any atom is 0.328 e. The third-order valence-corrected chi connectivity index (χ3v) is 3.68. The molecule has 22 heavy (non-hydrogen) atoms. The van der Waals surface area contributed by atoms with Crippen LogP contribution in [0, 0.1) is 11.3 Å². The van der Waals surface area contributed by atoms with E-state index in [0.29, 0.717) is 10.6 Å². The Balaban J connectivity index is 2.38. The number of nitrogens with two attached hydrogens (primary N) is 1. The quantitative estimate of drug-likeness (QED) is 0.722. The molecule has 0 saturated carbocycles. The van der Waals surface area contributed by atoms with Crippen LogP contribution in [0.5, 0.6) is 5.88 Å². The molecule has 1 atom stereocenters. The van der Waals surface area contributed by atoms with Gasteiger partial charge in [-0.05, 0) is 11.6 Å². The van der Waals surface area contributed by atoms with Crippen LogP contribution in [0.4, 0.5) is 0 Å². The largest absolute Gasteiger partial charge is 0.424 e. The molecule has 0 amide bonds. The average molecular weight is 317 g/mol. The van der Waals surface area contributed by atoms with Gasteiger partial charge in [-0.1, -0.05) is 29.8 Å². The molecule has 1 aliphatic rings. The Morgan fingerprint density at radius 3 is 2.68 bits per heavy atom. The van der Waals surface area contributed by atoms with Crippen LogP contribution in [-0.4, -0.2) is 9.97 Å². The normalized spacial score (nSPS) is 16.6. The Hall–Kier alpha value is -2.98. The highest BCUT2D eigenvalue weighted by Crippen LogP contribution is 2.40. The molecule has 4 N–H and O–H groups in total. The molecule has 0 radical (unpaired) electrons. The molecule has 0 unspecified atom stereocenters. The van der Waals surface area contributed by atoms with Crippen molar-refractivity contribution >= 4 is 11.6 Å². The van der Waals surface area contributed by atoms with E-state index in [4.69, 9.17) is 22.1 Å². The van der Waals surface area contributed by atoms with Crippen molar-refractivity contribution < 1.29 is 4.74 Å². The van der Waals surface area contributed by atoms with Crippen LogP contribution in [0.2, 0.25) is 5.02 Å². The summed E-state index contributed by atoms with van der Waals surface area (Å²) in [5.41, 5.74) is 5.00. The number of nitriles is 1. The fourth-order valence-corrected chi connectivity index (χ4v) is 2.65. The van der Waals surface area contributed by atoms with Crippen molar-refractivity contribution in [1.29, 1.82) is 5.26 Å². The third-order valence-electron chi connectivity index (χ3n) is 3.33. The molecule has 0 aliphatic carbocycles. The predicted octanol–water partition coefficient (Wildman–Crippen LogP) is 0.935. The molecular weight excluding hydrogens is 308 g/mol. The van der Waals surface area contributed by atoms with Gasteiger partial charge in [0.15, 0.2) is 0 Å². The summed E-state index contributed by atoms with van der Waals surface area (Å²) in [6.45, 7) is 0. The molecule has 1 aromatic heterocycles. The zero-order valence-corrected chi connectivity index (χ0v) is 11.8. The fraction of sp³-hybridized carbons (Fsp3) is 0.0714. The second-order valence-corrected chi connectivity index (χ2v) is 5.00. The van der Waals surface area contributed by atoms with Crippen molar-refractivity contribution in [3.05, 3.63) is 72.7 Å². The molecule has 1 aliphatic heterocycles. The number of ether oxygens (including phenoxy) is 1. The Labute approximate surface area is 128 Å². The van der Waals surface area contributed by atoms with E-state index in [9.17, 15) is 14.9 Å². The van der Waals surface area contributed by atoms with Gasteiger partial charge in [-0.25, -0.2) is 4.79 Å². The van der Waals surface area contributed by atoms with Crippen LogP contribution < -0.4 is 21.7 Å². The van der Waals surface area contributed by atoms with Crippen LogP contribution in [0.15, 0.2) is 45.3 Å². The van der Waals surface area contributed by atoms with E-state index >= 15 is 0 Å². The number of H-pyrrole nitrogens is 2. The first-order valence-electron chi connectivity index (χ1n) is 6.21. The Bertz CT molecular complexity index is 952. The molecule has 3 rings (SSSR count). The highest BCUT2D eigenvalue weighted by atomic mass is 35.5. The number of hydrogen-bond donors (Lipinski definition) is 3. The number of rotatable bonds is 1. The first-order chi connectivity index (χ1) is 10.5. The zero-order valence-electron chi connectivity index (χ0n) is 11.0. The van der Waals surface area contributed by atoms with E-state index in [1.165, 1.54) is 0 Å². The van der Waals surface area contributed by atoms with Crippen molar-refractivity contribution in [1.82, 2.24) is 9.97 Å². The SMILES string of the molecule is N#CC1=C(N)Oc2[nH]c(=O)[nH]c(=O)c2[C@@H]1c1ccccc1Cl. The molecule has 110 valence electrons. The van der Waals surface area contributed by atoms with Crippen LogP contribution in [-0.2, 0) is 0 Å². The molecule has 0 spiro atoms. The zero-order chi connectivity index (χ0) is 15.9.